The summed E-state index contributed by atoms with van der Waals surface area (Å²) in [5.41, 5.74) is 2.87. The Hall–Kier alpha value is -2.88. The number of ether oxygens (including phenoxy) is 2. The number of unbranched alkanes of at least 4 members (excludes halogenated alkanes) is 3. The van der Waals surface area contributed by atoms with Crippen LogP contribution >= 0.6 is 0 Å². The molecule has 0 atom stereocenters. The second-order valence-electron chi connectivity index (χ2n) is 7.18. The molecule has 0 aromatic heterocycles. The highest BCUT2D eigenvalue weighted by molar-refractivity contribution is 5.71. The van der Waals surface area contributed by atoms with Gasteiger partial charge in [-0.15, -0.1) is 0 Å². The van der Waals surface area contributed by atoms with Crippen molar-refractivity contribution >= 4 is 0 Å². The van der Waals surface area contributed by atoms with Gasteiger partial charge in [-0.1, -0.05) is 62.6 Å². The predicted octanol–water partition coefficient (Wildman–Crippen LogP) is 7.66. The van der Waals surface area contributed by atoms with Crippen molar-refractivity contribution in [3.8, 4) is 33.8 Å². The van der Waals surface area contributed by atoms with E-state index in [0.29, 0.717) is 18.8 Å². The van der Waals surface area contributed by atoms with Gasteiger partial charge in [-0.25, -0.2) is 4.39 Å². The van der Waals surface area contributed by atoms with Gasteiger partial charge in [0.2, 0.25) is 5.82 Å². The average Bonchev–Trinajstić information content (AvgIpc) is 2.77. The minimum absolute atomic E-state index is 0.0289. The number of hydrogen-bond donors (Lipinski definition) is 0. The van der Waals surface area contributed by atoms with Gasteiger partial charge in [-0.3, -0.25) is 0 Å². The van der Waals surface area contributed by atoms with Crippen molar-refractivity contribution < 1.29 is 18.3 Å². The first kappa shape index (κ1) is 21.8. The molecule has 4 heteroatoms. The number of rotatable bonds is 10. The van der Waals surface area contributed by atoms with Crippen LogP contribution in [0.15, 0.2) is 60.7 Å². The van der Waals surface area contributed by atoms with Crippen molar-refractivity contribution in [3.63, 3.8) is 0 Å². The largest absolute Gasteiger partial charge is 0.494 e. The van der Waals surface area contributed by atoms with Gasteiger partial charge in [-0.05, 0) is 54.3 Å². The molecule has 0 bridgehead atoms. The average molecular weight is 411 g/mol. The lowest BCUT2D eigenvalue weighted by Crippen LogP contribution is -2.01. The molecule has 0 unspecified atom stereocenters. The first-order chi connectivity index (χ1) is 14.6. The molecule has 0 aliphatic rings. The molecule has 3 rings (SSSR count). The van der Waals surface area contributed by atoms with Gasteiger partial charge < -0.3 is 9.47 Å². The molecule has 0 aliphatic heterocycles. The van der Waals surface area contributed by atoms with Crippen molar-refractivity contribution in [2.45, 2.75) is 39.5 Å². The first-order valence-corrected chi connectivity index (χ1v) is 10.6. The Balaban J connectivity index is 1.72. The van der Waals surface area contributed by atoms with Gasteiger partial charge in [0.1, 0.15) is 5.75 Å². The van der Waals surface area contributed by atoms with Gasteiger partial charge in [0.05, 0.1) is 13.2 Å². The standard InChI is InChI=1S/C26H28F2O2/c1-3-5-6-7-18-30-24-17-16-23(25(27)26(24)28)21-10-8-19(9-11-21)20-12-14-22(15-13-20)29-4-2/h8-17H,3-7,18H2,1-2H3. The van der Waals surface area contributed by atoms with Crippen LogP contribution < -0.4 is 9.47 Å². The third-order valence-corrected chi connectivity index (χ3v) is 5.00. The maximum absolute atomic E-state index is 14.6. The third kappa shape index (κ3) is 5.38. The molecular weight excluding hydrogens is 382 g/mol. The highest BCUT2D eigenvalue weighted by atomic mass is 19.2. The molecule has 0 N–H and O–H groups in total. The summed E-state index contributed by atoms with van der Waals surface area (Å²) in [4.78, 5) is 0. The zero-order valence-corrected chi connectivity index (χ0v) is 17.6. The lowest BCUT2D eigenvalue weighted by Gasteiger charge is -2.11. The van der Waals surface area contributed by atoms with E-state index in [2.05, 4.69) is 6.92 Å². The number of halogens is 2. The van der Waals surface area contributed by atoms with E-state index in [9.17, 15) is 8.78 Å². The molecule has 2 nitrogen and oxygen atoms in total. The molecule has 30 heavy (non-hydrogen) atoms. The highest BCUT2D eigenvalue weighted by Gasteiger charge is 2.16. The second kappa shape index (κ2) is 10.8. The van der Waals surface area contributed by atoms with E-state index < -0.39 is 11.6 Å². The van der Waals surface area contributed by atoms with Crippen LogP contribution in [0.4, 0.5) is 8.78 Å². The molecule has 0 aliphatic carbocycles. The van der Waals surface area contributed by atoms with Crippen LogP contribution in [-0.4, -0.2) is 13.2 Å². The van der Waals surface area contributed by atoms with E-state index in [4.69, 9.17) is 9.47 Å². The van der Waals surface area contributed by atoms with Crippen LogP contribution in [0.2, 0.25) is 0 Å². The monoisotopic (exact) mass is 410 g/mol. The quantitative estimate of drug-likeness (QED) is 0.319. The summed E-state index contributed by atoms with van der Waals surface area (Å²) in [6.45, 7) is 5.09. The lowest BCUT2D eigenvalue weighted by molar-refractivity contribution is 0.285. The maximum Gasteiger partial charge on any atom is 0.201 e. The topological polar surface area (TPSA) is 18.5 Å². The molecule has 0 spiro atoms. The Morgan fingerprint density at radius 3 is 1.90 bits per heavy atom. The summed E-state index contributed by atoms with van der Waals surface area (Å²) in [7, 11) is 0. The molecule has 3 aromatic rings. The van der Waals surface area contributed by atoms with Crippen molar-refractivity contribution in [2.75, 3.05) is 13.2 Å². The Morgan fingerprint density at radius 2 is 1.27 bits per heavy atom. The smallest absolute Gasteiger partial charge is 0.201 e. The second-order valence-corrected chi connectivity index (χ2v) is 7.18. The summed E-state index contributed by atoms with van der Waals surface area (Å²) in [5, 5.41) is 0. The first-order valence-electron chi connectivity index (χ1n) is 10.6. The number of hydrogen-bond acceptors (Lipinski definition) is 2. The van der Waals surface area contributed by atoms with Crippen LogP contribution in [0.25, 0.3) is 22.3 Å². The van der Waals surface area contributed by atoms with Gasteiger partial charge in [0.25, 0.3) is 0 Å². The zero-order chi connectivity index (χ0) is 21.3. The molecule has 0 heterocycles. The normalized spacial score (nSPS) is 10.8. The molecule has 0 radical (unpaired) electrons. The third-order valence-electron chi connectivity index (χ3n) is 5.00. The fraction of sp³-hybridized carbons (Fsp3) is 0.308. The fourth-order valence-electron chi connectivity index (χ4n) is 3.33. The Kier molecular flexibility index (Phi) is 7.83. The van der Waals surface area contributed by atoms with E-state index >= 15 is 0 Å². The highest BCUT2D eigenvalue weighted by Crippen LogP contribution is 2.32. The van der Waals surface area contributed by atoms with E-state index in [-0.39, 0.29) is 11.3 Å². The van der Waals surface area contributed by atoms with Crippen LogP contribution in [-0.2, 0) is 0 Å². The summed E-state index contributed by atoms with van der Waals surface area (Å²) in [6, 6.07) is 18.3. The summed E-state index contributed by atoms with van der Waals surface area (Å²) in [6.07, 6.45) is 4.10. The minimum Gasteiger partial charge on any atom is -0.494 e. The van der Waals surface area contributed by atoms with Crippen LogP contribution in [0, 0.1) is 11.6 Å². The van der Waals surface area contributed by atoms with Crippen molar-refractivity contribution in [3.05, 3.63) is 72.3 Å². The molecular formula is C26H28F2O2. The zero-order valence-electron chi connectivity index (χ0n) is 17.6. The minimum atomic E-state index is -0.932. The summed E-state index contributed by atoms with van der Waals surface area (Å²) in [5.74, 6) is -1.02. The molecule has 3 aromatic carbocycles. The maximum atomic E-state index is 14.6. The molecule has 0 amide bonds. The van der Waals surface area contributed by atoms with E-state index in [1.807, 2.05) is 43.3 Å². The Bertz CT molecular complexity index is 934. The van der Waals surface area contributed by atoms with Gasteiger partial charge in [0, 0.05) is 5.56 Å². The Labute approximate surface area is 177 Å². The van der Waals surface area contributed by atoms with Gasteiger partial charge >= 0.3 is 0 Å². The number of benzene rings is 3. The van der Waals surface area contributed by atoms with Gasteiger partial charge in [0.15, 0.2) is 11.6 Å². The summed E-state index contributed by atoms with van der Waals surface area (Å²) < 4.78 is 40.0. The van der Waals surface area contributed by atoms with E-state index in [0.717, 1.165) is 42.6 Å². The fourth-order valence-corrected chi connectivity index (χ4v) is 3.33. The van der Waals surface area contributed by atoms with Crippen molar-refractivity contribution in [2.24, 2.45) is 0 Å². The van der Waals surface area contributed by atoms with E-state index in [1.54, 1.807) is 18.2 Å². The van der Waals surface area contributed by atoms with Crippen LogP contribution in [0.1, 0.15) is 39.5 Å². The molecule has 0 saturated carbocycles. The predicted molar refractivity (Wildman–Crippen MR) is 118 cm³/mol. The van der Waals surface area contributed by atoms with Crippen LogP contribution in [0.3, 0.4) is 0 Å². The molecule has 158 valence electrons. The molecule has 0 saturated heterocycles. The van der Waals surface area contributed by atoms with E-state index in [1.165, 1.54) is 6.07 Å². The van der Waals surface area contributed by atoms with Crippen molar-refractivity contribution in [1.82, 2.24) is 0 Å². The Morgan fingerprint density at radius 1 is 0.633 bits per heavy atom. The van der Waals surface area contributed by atoms with Crippen LogP contribution in [0.5, 0.6) is 11.5 Å². The van der Waals surface area contributed by atoms with Gasteiger partial charge in [-0.2, -0.15) is 4.39 Å². The SMILES string of the molecule is CCCCCCOc1ccc(-c2ccc(-c3ccc(OCC)cc3)cc2)c(F)c1F. The van der Waals surface area contributed by atoms with Crippen molar-refractivity contribution in [1.29, 1.82) is 0 Å². The molecule has 0 fully saturated rings. The lowest BCUT2D eigenvalue weighted by atomic mass is 9.99. The summed E-state index contributed by atoms with van der Waals surface area (Å²) >= 11 is 0.